The van der Waals surface area contributed by atoms with Gasteiger partial charge in [0.05, 0.1) is 24.2 Å². The summed E-state index contributed by atoms with van der Waals surface area (Å²) in [6.07, 6.45) is 0. The van der Waals surface area contributed by atoms with E-state index < -0.39 is 5.97 Å². The minimum Gasteiger partial charge on any atom is -0.465 e. The van der Waals surface area contributed by atoms with Crippen LogP contribution in [0.15, 0.2) is 24.3 Å². The second-order valence-corrected chi connectivity index (χ2v) is 3.94. The largest absolute Gasteiger partial charge is 0.465 e. The van der Waals surface area contributed by atoms with Gasteiger partial charge in [-0.05, 0) is 12.1 Å². The summed E-state index contributed by atoms with van der Waals surface area (Å²) in [6, 6.07) is 6.82. The molecule has 0 aliphatic carbocycles. The lowest BCUT2D eigenvalue weighted by Gasteiger charge is -2.12. The number of aliphatic hydroxyl groups is 1. The number of hydrogen-bond donors (Lipinski definition) is 1. The van der Waals surface area contributed by atoms with Crippen LogP contribution in [0.5, 0.6) is 0 Å². The molecular formula is C12H12ClN3O3. The Hall–Kier alpha value is -1.92. The van der Waals surface area contributed by atoms with Crippen molar-refractivity contribution in [3.05, 3.63) is 41.5 Å². The number of carbonyl (C=O) groups excluding carboxylic acids is 1. The molecule has 0 saturated carbocycles. The summed E-state index contributed by atoms with van der Waals surface area (Å²) in [6.45, 7) is -0.306. The molecule has 19 heavy (non-hydrogen) atoms. The van der Waals surface area contributed by atoms with Crippen molar-refractivity contribution in [2.45, 2.75) is 12.5 Å². The Kier molecular flexibility index (Phi) is 4.13. The van der Waals surface area contributed by atoms with E-state index in [1.807, 2.05) is 0 Å². The highest BCUT2D eigenvalue weighted by molar-refractivity contribution is 6.16. The molecular weight excluding hydrogens is 270 g/mol. The number of nitrogens with zero attached hydrogens (tertiary/aromatic N) is 3. The van der Waals surface area contributed by atoms with E-state index in [0.717, 1.165) is 0 Å². The van der Waals surface area contributed by atoms with Crippen LogP contribution < -0.4 is 0 Å². The molecule has 0 aliphatic rings. The van der Waals surface area contributed by atoms with Gasteiger partial charge in [0.1, 0.15) is 6.61 Å². The van der Waals surface area contributed by atoms with Gasteiger partial charge < -0.3 is 9.84 Å². The second kappa shape index (κ2) is 5.81. The molecule has 6 nitrogen and oxygen atoms in total. The van der Waals surface area contributed by atoms with E-state index in [1.54, 1.807) is 28.8 Å². The maximum Gasteiger partial charge on any atom is 0.339 e. The number of aromatic nitrogens is 3. The standard InChI is InChI=1S/C12H12ClN3O3/c1-19-12(18)8-4-2-3-5-9(8)16-10(6-13)14-15-11(16)7-17/h2-5,17H,6-7H2,1H3. The van der Waals surface area contributed by atoms with E-state index in [4.69, 9.17) is 16.3 Å². The number of rotatable bonds is 4. The Bertz CT molecular complexity index is 576. The summed E-state index contributed by atoms with van der Waals surface area (Å²) in [5, 5.41) is 17.0. The first-order valence-electron chi connectivity index (χ1n) is 5.50. The number of hydrogen-bond acceptors (Lipinski definition) is 5. The van der Waals surface area contributed by atoms with Gasteiger partial charge in [0.15, 0.2) is 11.6 Å². The van der Waals surface area contributed by atoms with E-state index in [2.05, 4.69) is 10.2 Å². The second-order valence-electron chi connectivity index (χ2n) is 3.67. The smallest absolute Gasteiger partial charge is 0.339 e. The van der Waals surface area contributed by atoms with Gasteiger partial charge in [0, 0.05) is 0 Å². The first kappa shape index (κ1) is 13.5. The van der Waals surface area contributed by atoms with Gasteiger partial charge in [-0.3, -0.25) is 4.57 Å². The number of alkyl halides is 1. The van der Waals surface area contributed by atoms with Crippen molar-refractivity contribution in [1.82, 2.24) is 14.8 Å². The number of ether oxygens (including phenoxy) is 1. The molecule has 1 heterocycles. The van der Waals surface area contributed by atoms with Crippen LogP contribution in [0.25, 0.3) is 5.69 Å². The topological polar surface area (TPSA) is 77.2 Å². The quantitative estimate of drug-likeness (QED) is 0.675. The Labute approximate surface area is 114 Å². The number of para-hydroxylation sites is 1. The SMILES string of the molecule is COC(=O)c1ccccc1-n1c(CO)nnc1CCl. The summed E-state index contributed by atoms with van der Waals surface area (Å²) in [4.78, 5) is 11.8. The summed E-state index contributed by atoms with van der Waals surface area (Å²) in [7, 11) is 1.31. The van der Waals surface area contributed by atoms with Crippen molar-refractivity contribution in [3.8, 4) is 5.69 Å². The summed E-state index contributed by atoms with van der Waals surface area (Å²) in [5.41, 5.74) is 0.880. The van der Waals surface area contributed by atoms with E-state index in [1.165, 1.54) is 7.11 Å². The van der Waals surface area contributed by atoms with Crippen molar-refractivity contribution in [2.75, 3.05) is 7.11 Å². The first-order chi connectivity index (χ1) is 9.22. The zero-order valence-corrected chi connectivity index (χ0v) is 11.0. The third-order valence-corrected chi connectivity index (χ3v) is 2.85. The highest BCUT2D eigenvalue weighted by Crippen LogP contribution is 2.20. The highest BCUT2D eigenvalue weighted by atomic mass is 35.5. The fraction of sp³-hybridized carbons (Fsp3) is 0.250. The fourth-order valence-corrected chi connectivity index (χ4v) is 1.94. The van der Waals surface area contributed by atoms with Crippen LogP contribution in [0.3, 0.4) is 0 Å². The van der Waals surface area contributed by atoms with Gasteiger partial charge in [-0.2, -0.15) is 0 Å². The lowest BCUT2D eigenvalue weighted by molar-refractivity contribution is 0.0600. The van der Waals surface area contributed by atoms with Crippen molar-refractivity contribution >= 4 is 17.6 Å². The van der Waals surface area contributed by atoms with Gasteiger partial charge in [-0.15, -0.1) is 21.8 Å². The molecule has 0 unspecified atom stereocenters. The number of aliphatic hydroxyl groups excluding tert-OH is 1. The molecule has 0 radical (unpaired) electrons. The number of carbonyl (C=O) groups is 1. The first-order valence-corrected chi connectivity index (χ1v) is 6.04. The molecule has 1 aromatic carbocycles. The number of halogens is 1. The molecule has 0 bridgehead atoms. The molecule has 1 N–H and O–H groups in total. The molecule has 0 saturated heterocycles. The molecule has 0 fully saturated rings. The van der Waals surface area contributed by atoms with Gasteiger partial charge in [0.2, 0.25) is 0 Å². The fourth-order valence-electron chi connectivity index (χ4n) is 1.77. The lowest BCUT2D eigenvalue weighted by Crippen LogP contribution is -2.11. The van der Waals surface area contributed by atoms with Crippen molar-refractivity contribution < 1.29 is 14.6 Å². The predicted molar refractivity (Wildman–Crippen MR) is 68.2 cm³/mol. The number of benzene rings is 1. The van der Waals surface area contributed by atoms with Crippen molar-refractivity contribution in [3.63, 3.8) is 0 Å². The number of esters is 1. The normalized spacial score (nSPS) is 10.5. The van der Waals surface area contributed by atoms with Gasteiger partial charge in [0.25, 0.3) is 0 Å². The van der Waals surface area contributed by atoms with Gasteiger partial charge in [-0.1, -0.05) is 12.1 Å². The Morgan fingerprint density at radius 1 is 1.37 bits per heavy atom. The highest BCUT2D eigenvalue weighted by Gasteiger charge is 2.18. The van der Waals surface area contributed by atoms with Gasteiger partial charge in [-0.25, -0.2) is 4.79 Å². The molecule has 100 valence electrons. The molecule has 2 aromatic rings. The summed E-state index contributed by atoms with van der Waals surface area (Å²) < 4.78 is 6.29. The van der Waals surface area contributed by atoms with Crippen molar-refractivity contribution in [1.29, 1.82) is 0 Å². The van der Waals surface area contributed by atoms with Crippen LogP contribution in [0, 0.1) is 0 Å². The van der Waals surface area contributed by atoms with E-state index >= 15 is 0 Å². The van der Waals surface area contributed by atoms with Crippen LogP contribution in [-0.2, 0) is 17.2 Å². The molecule has 0 aliphatic heterocycles. The average molecular weight is 282 g/mol. The van der Waals surface area contributed by atoms with Crippen LogP contribution in [0.1, 0.15) is 22.0 Å². The van der Waals surface area contributed by atoms with Crippen LogP contribution in [-0.4, -0.2) is 33.0 Å². The Morgan fingerprint density at radius 2 is 2.05 bits per heavy atom. The minimum atomic E-state index is -0.478. The maximum atomic E-state index is 11.8. The molecule has 2 rings (SSSR count). The number of methoxy groups -OCH3 is 1. The minimum absolute atomic E-state index is 0.114. The zero-order valence-electron chi connectivity index (χ0n) is 10.2. The summed E-state index contributed by atoms with van der Waals surface area (Å²) >= 11 is 5.80. The molecule has 0 atom stereocenters. The van der Waals surface area contributed by atoms with Crippen LogP contribution in [0.4, 0.5) is 0 Å². The molecule has 7 heteroatoms. The van der Waals surface area contributed by atoms with E-state index in [-0.39, 0.29) is 12.5 Å². The molecule has 0 spiro atoms. The van der Waals surface area contributed by atoms with Crippen LogP contribution in [0.2, 0.25) is 0 Å². The van der Waals surface area contributed by atoms with E-state index in [0.29, 0.717) is 22.9 Å². The Morgan fingerprint density at radius 3 is 2.68 bits per heavy atom. The monoisotopic (exact) mass is 281 g/mol. The molecule has 0 amide bonds. The van der Waals surface area contributed by atoms with Crippen molar-refractivity contribution in [2.24, 2.45) is 0 Å². The third kappa shape index (κ3) is 2.45. The van der Waals surface area contributed by atoms with Gasteiger partial charge >= 0.3 is 5.97 Å². The lowest BCUT2D eigenvalue weighted by atomic mass is 10.1. The molecule has 1 aromatic heterocycles. The summed E-state index contributed by atoms with van der Waals surface area (Å²) in [5.74, 6) is 0.394. The third-order valence-electron chi connectivity index (χ3n) is 2.61. The van der Waals surface area contributed by atoms with Crippen LogP contribution >= 0.6 is 11.6 Å². The van der Waals surface area contributed by atoms with E-state index in [9.17, 15) is 9.90 Å². The average Bonchev–Trinajstić information content (AvgIpc) is 2.89. The Balaban J connectivity index is 2.65. The zero-order chi connectivity index (χ0) is 13.8. The maximum absolute atomic E-state index is 11.8. The predicted octanol–water partition coefficient (Wildman–Crippen LogP) is 1.28.